The normalized spacial score (nSPS) is 13.5. The molecule has 0 saturated heterocycles. The first-order valence-electron chi connectivity index (χ1n) is 16.9. The predicted octanol–water partition coefficient (Wildman–Crippen LogP) is 10.8. The van der Waals surface area contributed by atoms with Gasteiger partial charge in [0.25, 0.3) is 0 Å². The summed E-state index contributed by atoms with van der Waals surface area (Å²) in [6, 6.07) is 59.1. The van der Waals surface area contributed by atoms with Crippen LogP contribution in [0.25, 0.3) is 60.6 Å². The molecule has 10 rings (SSSR count). The molecule has 3 heterocycles. The second kappa shape index (κ2) is 11.5. The van der Waals surface area contributed by atoms with Gasteiger partial charge in [0.05, 0.1) is 16.7 Å². The lowest BCUT2D eigenvalue weighted by molar-refractivity contribution is 0.665. The van der Waals surface area contributed by atoms with Crippen LogP contribution in [0.2, 0.25) is 0 Å². The van der Waals surface area contributed by atoms with Crippen LogP contribution in [0.3, 0.4) is 0 Å². The monoisotopic (exact) mass is 642 g/mol. The fourth-order valence-electron chi connectivity index (χ4n) is 7.37. The number of amidine groups is 2. The first kappa shape index (κ1) is 28.3. The van der Waals surface area contributed by atoms with Crippen LogP contribution in [0.4, 0.5) is 0 Å². The average Bonchev–Trinajstić information content (AvgIpc) is 3.74. The molecule has 2 aromatic heterocycles. The zero-order valence-corrected chi connectivity index (χ0v) is 27.0. The molecule has 0 fully saturated rings. The number of aromatic nitrogens is 1. The number of para-hydroxylation sites is 2. The van der Waals surface area contributed by atoms with E-state index in [1.54, 1.807) is 0 Å². The molecule has 1 N–H and O–H groups in total. The van der Waals surface area contributed by atoms with Crippen LogP contribution in [0.5, 0.6) is 0 Å². The Labute approximate surface area is 288 Å². The number of hydrogen-bond donors (Lipinski definition) is 1. The van der Waals surface area contributed by atoms with E-state index in [1.807, 2.05) is 48.5 Å². The van der Waals surface area contributed by atoms with Crippen molar-refractivity contribution in [1.29, 1.82) is 0 Å². The number of hydrogen-bond acceptors (Lipinski definition) is 4. The highest BCUT2D eigenvalue weighted by Crippen LogP contribution is 2.42. The smallest absolute Gasteiger partial charge is 0.170 e. The summed E-state index contributed by atoms with van der Waals surface area (Å²) in [5, 5.41) is 7.98. The summed E-state index contributed by atoms with van der Waals surface area (Å²) in [5.74, 6) is 1.57. The van der Waals surface area contributed by atoms with Crippen LogP contribution >= 0.6 is 0 Å². The molecule has 0 unspecified atom stereocenters. The summed E-state index contributed by atoms with van der Waals surface area (Å²) in [6.45, 7) is 0. The fraction of sp³-hybridized carbons (Fsp3) is 0.0222. The largest absolute Gasteiger partial charge is 0.454 e. The maximum absolute atomic E-state index is 6.84. The Morgan fingerprint density at radius 3 is 1.80 bits per heavy atom. The van der Waals surface area contributed by atoms with Gasteiger partial charge in [-0.25, -0.2) is 9.98 Å². The molecule has 236 valence electrons. The molecule has 1 aliphatic heterocycles. The van der Waals surface area contributed by atoms with Crippen LogP contribution in [0, 0.1) is 0 Å². The van der Waals surface area contributed by atoms with Crippen molar-refractivity contribution in [3.63, 3.8) is 0 Å². The van der Waals surface area contributed by atoms with Gasteiger partial charge in [-0.2, -0.15) is 0 Å². The Morgan fingerprint density at radius 1 is 0.480 bits per heavy atom. The standard InChI is InChI=1S/C45H30N4O/c1-4-14-29(15-5-1)32-26-27-34-33-20-10-11-23-37(33)49(39(34)28-32)38-24-12-21-35-41-36(22-13-25-40(41)50-42(35)38)45-47-43(30-16-6-2-7-17-30)46-44(48-45)31-18-8-3-9-19-31/h1-28,45H,(H,46,47,48). The van der Waals surface area contributed by atoms with Crippen molar-refractivity contribution >= 4 is 55.4 Å². The molecular formula is C45H30N4O. The van der Waals surface area contributed by atoms with E-state index in [0.29, 0.717) is 0 Å². The van der Waals surface area contributed by atoms with Crippen LogP contribution in [-0.2, 0) is 0 Å². The molecule has 9 aromatic rings. The summed E-state index contributed by atoms with van der Waals surface area (Å²) in [4.78, 5) is 10.4. The van der Waals surface area contributed by atoms with Crippen LogP contribution in [0.1, 0.15) is 22.9 Å². The SMILES string of the molecule is c1ccc(C2=NC(c3cccc4oc5c(-n6c7ccccc7c7ccc(-c8ccccc8)cc76)cccc5c34)N=C(c3ccccc3)N2)cc1. The average molecular weight is 643 g/mol. The summed E-state index contributed by atoms with van der Waals surface area (Å²) in [6.07, 6.45) is -0.475. The molecule has 0 aliphatic carbocycles. The van der Waals surface area contributed by atoms with E-state index in [1.165, 1.54) is 21.9 Å². The van der Waals surface area contributed by atoms with Crippen LogP contribution < -0.4 is 5.32 Å². The summed E-state index contributed by atoms with van der Waals surface area (Å²) in [5.41, 5.74) is 10.3. The molecule has 5 nitrogen and oxygen atoms in total. The minimum Gasteiger partial charge on any atom is -0.454 e. The van der Waals surface area contributed by atoms with Crippen molar-refractivity contribution in [2.45, 2.75) is 6.17 Å². The molecule has 1 aliphatic rings. The Balaban J connectivity index is 1.20. The van der Waals surface area contributed by atoms with Gasteiger partial charge in [0.15, 0.2) is 11.7 Å². The van der Waals surface area contributed by atoms with Gasteiger partial charge in [0.1, 0.15) is 17.3 Å². The van der Waals surface area contributed by atoms with Crippen LogP contribution in [0.15, 0.2) is 184 Å². The lowest BCUT2D eigenvalue weighted by Crippen LogP contribution is -2.36. The second-order valence-corrected chi connectivity index (χ2v) is 12.6. The third-order valence-electron chi connectivity index (χ3n) is 9.67. The van der Waals surface area contributed by atoms with E-state index in [-0.39, 0.29) is 0 Å². The number of fused-ring (bicyclic) bond motifs is 6. The van der Waals surface area contributed by atoms with E-state index in [2.05, 4.69) is 131 Å². The third-order valence-corrected chi connectivity index (χ3v) is 9.67. The molecule has 0 bridgehead atoms. The highest BCUT2D eigenvalue weighted by molar-refractivity contribution is 6.17. The van der Waals surface area contributed by atoms with E-state index in [0.717, 1.165) is 67.0 Å². The van der Waals surface area contributed by atoms with Crippen molar-refractivity contribution in [2.75, 3.05) is 0 Å². The van der Waals surface area contributed by atoms with E-state index < -0.39 is 6.17 Å². The summed E-state index contributed by atoms with van der Waals surface area (Å²) < 4.78 is 9.19. The van der Waals surface area contributed by atoms with Gasteiger partial charge in [-0.15, -0.1) is 0 Å². The highest BCUT2D eigenvalue weighted by Gasteiger charge is 2.25. The predicted molar refractivity (Wildman–Crippen MR) is 205 cm³/mol. The number of benzene rings is 7. The number of nitrogens with one attached hydrogen (secondary N) is 1. The number of furan rings is 1. The lowest BCUT2D eigenvalue weighted by atomic mass is 10.0. The Hall–Kier alpha value is -6.72. The third kappa shape index (κ3) is 4.55. The minimum absolute atomic E-state index is 0.475. The van der Waals surface area contributed by atoms with Crippen molar-refractivity contribution in [1.82, 2.24) is 9.88 Å². The van der Waals surface area contributed by atoms with Gasteiger partial charge in [0, 0.05) is 38.2 Å². The molecule has 0 spiro atoms. The van der Waals surface area contributed by atoms with E-state index in [4.69, 9.17) is 14.4 Å². The van der Waals surface area contributed by atoms with Crippen molar-refractivity contribution in [3.05, 3.63) is 187 Å². The Bertz CT molecular complexity index is 2720. The zero-order valence-electron chi connectivity index (χ0n) is 27.0. The maximum atomic E-state index is 6.84. The number of rotatable bonds is 5. The molecule has 0 saturated carbocycles. The van der Waals surface area contributed by atoms with E-state index in [9.17, 15) is 0 Å². The van der Waals surface area contributed by atoms with Crippen molar-refractivity contribution in [3.8, 4) is 16.8 Å². The van der Waals surface area contributed by atoms with Gasteiger partial charge in [0.2, 0.25) is 0 Å². The van der Waals surface area contributed by atoms with Gasteiger partial charge in [-0.3, -0.25) is 0 Å². The molecule has 0 amide bonds. The highest BCUT2D eigenvalue weighted by atomic mass is 16.3. The first-order valence-corrected chi connectivity index (χ1v) is 16.9. The lowest BCUT2D eigenvalue weighted by Gasteiger charge is -2.22. The Kier molecular flexibility index (Phi) is 6.49. The summed E-state index contributed by atoms with van der Waals surface area (Å²) in [7, 11) is 0. The van der Waals surface area contributed by atoms with Gasteiger partial charge in [-0.05, 0) is 35.4 Å². The van der Waals surface area contributed by atoms with Gasteiger partial charge >= 0.3 is 0 Å². The quantitative estimate of drug-likeness (QED) is 0.203. The second-order valence-electron chi connectivity index (χ2n) is 12.6. The van der Waals surface area contributed by atoms with E-state index >= 15 is 0 Å². The molecule has 0 radical (unpaired) electrons. The summed E-state index contributed by atoms with van der Waals surface area (Å²) >= 11 is 0. The molecular weight excluding hydrogens is 613 g/mol. The van der Waals surface area contributed by atoms with Crippen LogP contribution in [-0.4, -0.2) is 16.2 Å². The molecule has 7 aromatic carbocycles. The topological polar surface area (TPSA) is 54.8 Å². The van der Waals surface area contributed by atoms with Crippen molar-refractivity contribution in [2.24, 2.45) is 9.98 Å². The fourth-order valence-corrected chi connectivity index (χ4v) is 7.37. The van der Waals surface area contributed by atoms with Gasteiger partial charge in [-0.1, -0.05) is 146 Å². The zero-order chi connectivity index (χ0) is 33.0. The molecule has 0 atom stereocenters. The number of aliphatic imine (C=N–C) groups is 2. The molecule has 50 heavy (non-hydrogen) atoms. The minimum atomic E-state index is -0.475. The maximum Gasteiger partial charge on any atom is 0.170 e. The number of nitrogens with zero attached hydrogens (tertiary/aromatic N) is 3. The Morgan fingerprint density at radius 2 is 1.08 bits per heavy atom. The van der Waals surface area contributed by atoms with Gasteiger partial charge < -0.3 is 14.3 Å². The first-order chi connectivity index (χ1) is 24.8. The molecule has 5 heteroatoms. The van der Waals surface area contributed by atoms with Crippen molar-refractivity contribution < 1.29 is 4.42 Å².